The summed E-state index contributed by atoms with van der Waals surface area (Å²) < 4.78 is 0. The first-order valence-electron chi connectivity index (χ1n) is 3.43. The second-order valence-corrected chi connectivity index (χ2v) is 2.00. The highest BCUT2D eigenvalue weighted by Crippen LogP contribution is 2.06. The normalized spacial score (nSPS) is 9.09. The summed E-state index contributed by atoms with van der Waals surface area (Å²) in [6, 6.07) is 9.44. The minimum Gasteiger partial charge on any atom is -0.388 e. The minimum atomic E-state index is 0.523. The predicted molar refractivity (Wildman–Crippen MR) is 44.3 cm³/mol. The van der Waals surface area contributed by atoms with Gasteiger partial charge in [0.05, 0.1) is 6.54 Å². The molecule has 1 aromatic rings. The van der Waals surface area contributed by atoms with Crippen molar-refractivity contribution in [3.05, 3.63) is 43.0 Å². The Balaban J connectivity index is 2.33. The first kappa shape index (κ1) is 7.82. The Morgan fingerprint density at radius 1 is 1.36 bits per heavy atom. The van der Waals surface area contributed by atoms with E-state index >= 15 is 0 Å². The van der Waals surface area contributed by atoms with E-state index in [4.69, 9.17) is 4.84 Å². The highest BCUT2D eigenvalue weighted by molar-refractivity contribution is 5.20. The lowest BCUT2D eigenvalue weighted by Crippen LogP contribution is -2.08. The zero-order valence-corrected chi connectivity index (χ0v) is 6.23. The molecular formula is C9H10NO. The van der Waals surface area contributed by atoms with Gasteiger partial charge in [-0.05, 0) is 17.6 Å². The van der Waals surface area contributed by atoms with Crippen molar-refractivity contribution in [2.45, 2.75) is 0 Å². The maximum absolute atomic E-state index is 5.00. The highest BCUT2D eigenvalue weighted by atomic mass is 16.6. The summed E-state index contributed by atoms with van der Waals surface area (Å²) in [7, 11) is 0. The smallest absolute Gasteiger partial charge is 0.149 e. The Kier molecular flexibility index (Phi) is 3.22. The topological polar surface area (TPSA) is 23.3 Å². The first-order valence-corrected chi connectivity index (χ1v) is 3.43. The third-order valence-corrected chi connectivity index (χ3v) is 1.12. The van der Waals surface area contributed by atoms with Crippen LogP contribution in [0.4, 0.5) is 0 Å². The Bertz CT molecular complexity index is 208. The van der Waals surface area contributed by atoms with Crippen LogP contribution in [-0.4, -0.2) is 6.54 Å². The van der Waals surface area contributed by atoms with Gasteiger partial charge >= 0.3 is 0 Å². The third-order valence-electron chi connectivity index (χ3n) is 1.12. The molecule has 0 spiro atoms. The van der Waals surface area contributed by atoms with E-state index in [-0.39, 0.29) is 0 Å². The van der Waals surface area contributed by atoms with Crippen molar-refractivity contribution >= 4 is 0 Å². The SMILES string of the molecule is C=CC[N]Oc1ccccc1. The summed E-state index contributed by atoms with van der Waals surface area (Å²) in [5, 5.41) is 0. The quantitative estimate of drug-likeness (QED) is 0.362. The zero-order valence-electron chi connectivity index (χ0n) is 6.23. The van der Waals surface area contributed by atoms with Gasteiger partial charge in [-0.15, -0.1) is 6.58 Å². The van der Waals surface area contributed by atoms with E-state index in [1.807, 2.05) is 30.3 Å². The molecule has 0 aliphatic heterocycles. The summed E-state index contributed by atoms with van der Waals surface area (Å²) in [5.41, 5.74) is 3.74. The molecular weight excluding hydrogens is 138 g/mol. The molecule has 1 radical (unpaired) electrons. The van der Waals surface area contributed by atoms with Crippen molar-refractivity contribution in [2.75, 3.05) is 6.54 Å². The third kappa shape index (κ3) is 2.87. The van der Waals surface area contributed by atoms with Crippen LogP contribution in [0.1, 0.15) is 0 Å². The lowest BCUT2D eigenvalue weighted by molar-refractivity contribution is 0.198. The Hall–Kier alpha value is -1.28. The molecule has 0 saturated carbocycles. The summed E-state index contributed by atoms with van der Waals surface area (Å²) >= 11 is 0. The van der Waals surface area contributed by atoms with Gasteiger partial charge in [-0.2, -0.15) is 0 Å². The van der Waals surface area contributed by atoms with Gasteiger partial charge in [-0.1, -0.05) is 24.3 Å². The lowest BCUT2D eigenvalue weighted by Gasteiger charge is -1.99. The monoisotopic (exact) mass is 148 g/mol. The number of hydrogen-bond acceptors (Lipinski definition) is 1. The van der Waals surface area contributed by atoms with Crippen molar-refractivity contribution in [3.8, 4) is 5.75 Å². The van der Waals surface area contributed by atoms with Crippen LogP contribution >= 0.6 is 0 Å². The van der Waals surface area contributed by atoms with E-state index in [2.05, 4.69) is 12.1 Å². The number of para-hydroxylation sites is 1. The Morgan fingerprint density at radius 2 is 2.09 bits per heavy atom. The fourth-order valence-corrected chi connectivity index (χ4v) is 0.646. The summed E-state index contributed by atoms with van der Waals surface area (Å²) in [4.78, 5) is 5.00. The molecule has 0 amide bonds. The van der Waals surface area contributed by atoms with Crippen LogP contribution in [0.2, 0.25) is 0 Å². The van der Waals surface area contributed by atoms with E-state index < -0.39 is 0 Å². The maximum Gasteiger partial charge on any atom is 0.149 e. The standard InChI is InChI=1S/C9H10NO/c1-2-8-10-11-9-6-4-3-5-7-9/h2-7H,1,8H2. The molecule has 0 unspecified atom stereocenters. The number of nitrogens with zero attached hydrogens (tertiary/aromatic N) is 1. The summed E-state index contributed by atoms with van der Waals surface area (Å²) in [6.07, 6.45) is 1.68. The van der Waals surface area contributed by atoms with Crippen molar-refractivity contribution in [1.29, 1.82) is 0 Å². The van der Waals surface area contributed by atoms with Crippen LogP contribution in [0.5, 0.6) is 5.75 Å². The van der Waals surface area contributed by atoms with Crippen molar-refractivity contribution < 1.29 is 4.84 Å². The van der Waals surface area contributed by atoms with E-state index in [1.54, 1.807) is 6.08 Å². The molecule has 0 aliphatic rings. The van der Waals surface area contributed by atoms with Crippen molar-refractivity contribution in [3.63, 3.8) is 0 Å². The first-order chi connectivity index (χ1) is 5.43. The number of hydrogen-bond donors (Lipinski definition) is 0. The summed E-state index contributed by atoms with van der Waals surface area (Å²) in [6.45, 7) is 4.04. The average molecular weight is 148 g/mol. The maximum atomic E-state index is 5.00. The molecule has 0 heterocycles. The van der Waals surface area contributed by atoms with E-state index in [0.717, 1.165) is 5.75 Å². The molecule has 0 aliphatic carbocycles. The highest BCUT2D eigenvalue weighted by Gasteiger charge is 1.88. The molecule has 57 valence electrons. The van der Waals surface area contributed by atoms with Gasteiger partial charge in [0.15, 0.2) is 0 Å². The number of hydroxylamine groups is 1. The second-order valence-electron chi connectivity index (χ2n) is 2.00. The van der Waals surface area contributed by atoms with Gasteiger partial charge in [0.25, 0.3) is 0 Å². The molecule has 0 saturated heterocycles. The van der Waals surface area contributed by atoms with Gasteiger partial charge < -0.3 is 4.84 Å². The lowest BCUT2D eigenvalue weighted by atomic mass is 10.3. The number of benzene rings is 1. The molecule has 11 heavy (non-hydrogen) atoms. The number of rotatable bonds is 4. The van der Waals surface area contributed by atoms with Crippen molar-refractivity contribution in [2.24, 2.45) is 0 Å². The van der Waals surface area contributed by atoms with Gasteiger partial charge in [0.1, 0.15) is 5.75 Å². The molecule has 0 atom stereocenters. The zero-order chi connectivity index (χ0) is 7.94. The average Bonchev–Trinajstić information content (AvgIpc) is 2.07. The molecule has 2 heteroatoms. The molecule has 0 aromatic heterocycles. The fourth-order valence-electron chi connectivity index (χ4n) is 0.646. The van der Waals surface area contributed by atoms with E-state index in [0.29, 0.717) is 6.54 Å². The van der Waals surface area contributed by atoms with Crippen LogP contribution in [0.3, 0.4) is 0 Å². The van der Waals surface area contributed by atoms with Crippen LogP contribution < -0.4 is 10.3 Å². The van der Waals surface area contributed by atoms with Crippen LogP contribution in [0, 0.1) is 0 Å². The molecule has 2 nitrogen and oxygen atoms in total. The van der Waals surface area contributed by atoms with Crippen LogP contribution in [0.25, 0.3) is 0 Å². The molecule has 1 rings (SSSR count). The van der Waals surface area contributed by atoms with Crippen LogP contribution in [0.15, 0.2) is 43.0 Å². The van der Waals surface area contributed by atoms with Gasteiger partial charge in [0, 0.05) is 0 Å². The molecule has 0 N–H and O–H groups in total. The second kappa shape index (κ2) is 4.52. The van der Waals surface area contributed by atoms with Gasteiger partial charge in [-0.25, -0.2) is 0 Å². The Morgan fingerprint density at radius 3 is 2.73 bits per heavy atom. The molecule has 0 fully saturated rings. The molecule has 0 bridgehead atoms. The molecule has 1 aromatic carbocycles. The Labute approximate surface area is 66.5 Å². The fraction of sp³-hybridized carbons (Fsp3) is 0.111. The predicted octanol–water partition coefficient (Wildman–Crippen LogP) is 1.77. The van der Waals surface area contributed by atoms with Crippen molar-refractivity contribution in [1.82, 2.24) is 5.48 Å². The largest absolute Gasteiger partial charge is 0.388 e. The van der Waals surface area contributed by atoms with Gasteiger partial charge in [0.2, 0.25) is 0 Å². The van der Waals surface area contributed by atoms with E-state index in [9.17, 15) is 0 Å². The summed E-state index contributed by atoms with van der Waals surface area (Å²) in [5.74, 6) is 0.759. The van der Waals surface area contributed by atoms with Crippen LogP contribution in [-0.2, 0) is 0 Å². The minimum absolute atomic E-state index is 0.523. The van der Waals surface area contributed by atoms with E-state index in [1.165, 1.54) is 0 Å². The van der Waals surface area contributed by atoms with Gasteiger partial charge in [-0.3, -0.25) is 0 Å².